The Morgan fingerprint density at radius 1 is 1.22 bits per heavy atom. The molecule has 150 valence electrons. The summed E-state index contributed by atoms with van der Waals surface area (Å²) in [5.41, 5.74) is 0.347. The minimum Gasteiger partial charge on any atom is -0.497 e. The van der Waals surface area contributed by atoms with Gasteiger partial charge in [-0.15, -0.1) is 35.3 Å². The van der Waals surface area contributed by atoms with Gasteiger partial charge in [-0.25, -0.2) is 4.98 Å². The number of nitrogens with one attached hydrogen (secondary N) is 2. The Bertz CT molecular complexity index is 720. The van der Waals surface area contributed by atoms with Crippen molar-refractivity contribution >= 4 is 41.3 Å². The molecule has 0 saturated carbocycles. The molecule has 0 fully saturated rings. The van der Waals surface area contributed by atoms with Crippen molar-refractivity contribution in [1.29, 1.82) is 0 Å². The number of nitrogens with zero attached hydrogens (tertiary/aromatic N) is 2. The molecule has 1 aromatic carbocycles. The van der Waals surface area contributed by atoms with Crippen LogP contribution in [0.15, 0.2) is 34.6 Å². The van der Waals surface area contributed by atoms with Crippen molar-refractivity contribution in [2.75, 3.05) is 20.7 Å². The van der Waals surface area contributed by atoms with Gasteiger partial charge in [-0.05, 0) is 30.5 Å². The summed E-state index contributed by atoms with van der Waals surface area (Å²) in [4.78, 5) is 7.63. The van der Waals surface area contributed by atoms with Crippen molar-refractivity contribution in [2.24, 2.45) is 4.99 Å². The highest BCUT2D eigenvalue weighted by Crippen LogP contribution is 2.29. The number of alkyl halides is 3. The number of halogens is 4. The van der Waals surface area contributed by atoms with Gasteiger partial charge in [-0.3, -0.25) is 4.99 Å². The average Bonchev–Trinajstić information content (AvgIpc) is 3.11. The van der Waals surface area contributed by atoms with Gasteiger partial charge in [0, 0.05) is 19.0 Å². The van der Waals surface area contributed by atoms with E-state index in [1.54, 1.807) is 14.2 Å². The van der Waals surface area contributed by atoms with E-state index in [4.69, 9.17) is 4.74 Å². The number of aromatic nitrogens is 1. The zero-order valence-corrected chi connectivity index (χ0v) is 18.1. The van der Waals surface area contributed by atoms with Crippen LogP contribution >= 0.6 is 35.3 Å². The Morgan fingerprint density at radius 2 is 1.93 bits per heavy atom. The molecule has 10 heteroatoms. The standard InChI is InChI=1S/C17H21F3N4OS.HI/c1-21-16(23-10-15-24-14(11-26-15)17(18,19)20)22-9-3-4-12-5-7-13(25-2)8-6-12;/h5-8,11H,3-4,9-10H2,1-2H3,(H2,21,22,23);1H. The van der Waals surface area contributed by atoms with Crippen LogP contribution in [0.3, 0.4) is 0 Å². The molecule has 27 heavy (non-hydrogen) atoms. The molecule has 0 aliphatic heterocycles. The lowest BCUT2D eigenvalue weighted by Gasteiger charge is -2.11. The fraction of sp³-hybridized carbons (Fsp3) is 0.412. The Kier molecular flexibility index (Phi) is 9.84. The number of aliphatic imine (C=N–C) groups is 1. The third-order valence-corrected chi connectivity index (χ3v) is 4.42. The zero-order chi connectivity index (χ0) is 19.0. The number of methoxy groups -OCH3 is 1. The van der Waals surface area contributed by atoms with Gasteiger partial charge in [0.25, 0.3) is 0 Å². The van der Waals surface area contributed by atoms with Crippen molar-refractivity contribution in [3.05, 3.63) is 45.9 Å². The third-order valence-electron chi connectivity index (χ3n) is 3.57. The molecule has 0 amide bonds. The first-order valence-corrected chi connectivity index (χ1v) is 8.89. The van der Waals surface area contributed by atoms with Crippen molar-refractivity contribution in [3.63, 3.8) is 0 Å². The van der Waals surface area contributed by atoms with Crippen LogP contribution in [-0.2, 0) is 19.1 Å². The molecule has 0 atom stereocenters. The maximum absolute atomic E-state index is 12.5. The van der Waals surface area contributed by atoms with E-state index in [0.29, 0.717) is 17.5 Å². The van der Waals surface area contributed by atoms with E-state index in [1.807, 2.05) is 24.3 Å². The fourth-order valence-electron chi connectivity index (χ4n) is 2.19. The van der Waals surface area contributed by atoms with Crippen LogP contribution in [0.4, 0.5) is 13.2 Å². The normalized spacial score (nSPS) is 11.7. The number of hydrogen-bond donors (Lipinski definition) is 2. The summed E-state index contributed by atoms with van der Waals surface area (Å²) in [6.45, 7) is 0.885. The first-order valence-electron chi connectivity index (χ1n) is 8.01. The SMILES string of the molecule is CN=C(NCCCc1ccc(OC)cc1)NCc1nc(C(F)(F)F)cs1.I. The molecule has 0 aliphatic rings. The molecule has 0 aliphatic carbocycles. The number of rotatable bonds is 7. The molecule has 0 bridgehead atoms. The second-order valence-corrected chi connectivity index (χ2v) is 6.37. The van der Waals surface area contributed by atoms with E-state index in [0.717, 1.165) is 35.3 Å². The number of benzene rings is 1. The van der Waals surface area contributed by atoms with Crippen LogP contribution in [0.5, 0.6) is 5.75 Å². The Morgan fingerprint density at radius 3 is 2.48 bits per heavy atom. The van der Waals surface area contributed by atoms with Crippen molar-refractivity contribution in [3.8, 4) is 5.75 Å². The number of ether oxygens (including phenoxy) is 1. The van der Waals surface area contributed by atoms with Crippen LogP contribution in [0, 0.1) is 0 Å². The second kappa shape index (κ2) is 11.3. The Labute approximate surface area is 177 Å². The van der Waals surface area contributed by atoms with Crippen molar-refractivity contribution < 1.29 is 17.9 Å². The second-order valence-electron chi connectivity index (χ2n) is 5.43. The summed E-state index contributed by atoms with van der Waals surface area (Å²) in [6.07, 6.45) is -2.62. The average molecular weight is 514 g/mol. The zero-order valence-electron chi connectivity index (χ0n) is 15.0. The van der Waals surface area contributed by atoms with Crippen LogP contribution in [0.1, 0.15) is 22.7 Å². The highest BCUT2D eigenvalue weighted by atomic mass is 127. The molecule has 2 aromatic rings. The van der Waals surface area contributed by atoms with E-state index in [-0.39, 0.29) is 30.5 Å². The minimum atomic E-state index is -4.41. The topological polar surface area (TPSA) is 58.5 Å². The van der Waals surface area contributed by atoms with E-state index < -0.39 is 11.9 Å². The summed E-state index contributed by atoms with van der Waals surface area (Å²) in [7, 11) is 3.25. The fourth-order valence-corrected chi connectivity index (χ4v) is 2.93. The summed E-state index contributed by atoms with van der Waals surface area (Å²) in [5, 5.41) is 7.48. The lowest BCUT2D eigenvalue weighted by atomic mass is 10.1. The van der Waals surface area contributed by atoms with Gasteiger partial charge in [-0.2, -0.15) is 13.2 Å². The molecule has 2 N–H and O–H groups in total. The molecule has 0 spiro atoms. The number of hydrogen-bond acceptors (Lipinski definition) is 4. The predicted octanol–water partition coefficient (Wildman–Crippen LogP) is 4.09. The molecular formula is C17H22F3IN4OS. The van der Waals surface area contributed by atoms with Crippen molar-refractivity contribution in [2.45, 2.75) is 25.6 Å². The van der Waals surface area contributed by atoms with Crippen LogP contribution in [-0.4, -0.2) is 31.6 Å². The highest BCUT2D eigenvalue weighted by molar-refractivity contribution is 14.0. The quantitative estimate of drug-likeness (QED) is 0.253. The predicted molar refractivity (Wildman–Crippen MR) is 112 cm³/mol. The molecule has 0 saturated heterocycles. The number of guanidine groups is 1. The molecular weight excluding hydrogens is 492 g/mol. The van der Waals surface area contributed by atoms with E-state index >= 15 is 0 Å². The molecule has 5 nitrogen and oxygen atoms in total. The lowest BCUT2D eigenvalue weighted by Crippen LogP contribution is -2.37. The first-order chi connectivity index (χ1) is 12.4. The van der Waals surface area contributed by atoms with Gasteiger partial charge in [0.1, 0.15) is 10.8 Å². The molecule has 1 heterocycles. The van der Waals surface area contributed by atoms with Crippen LogP contribution in [0.2, 0.25) is 0 Å². The maximum atomic E-state index is 12.5. The summed E-state index contributed by atoms with van der Waals surface area (Å²) < 4.78 is 42.7. The monoisotopic (exact) mass is 514 g/mol. The maximum Gasteiger partial charge on any atom is 0.434 e. The van der Waals surface area contributed by atoms with Gasteiger partial charge in [0.15, 0.2) is 11.7 Å². The molecule has 2 rings (SSSR count). The number of thiazole rings is 1. The smallest absolute Gasteiger partial charge is 0.434 e. The molecule has 0 radical (unpaired) electrons. The molecule has 1 aromatic heterocycles. The Hall–Kier alpha value is -1.56. The third kappa shape index (κ3) is 7.91. The first kappa shape index (κ1) is 23.5. The number of aryl methyl sites for hydroxylation is 1. The molecule has 0 unspecified atom stereocenters. The van der Waals surface area contributed by atoms with E-state index in [2.05, 4.69) is 20.6 Å². The van der Waals surface area contributed by atoms with Crippen molar-refractivity contribution in [1.82, 2.24) is 15.6 Å². The van der Waals surface area contributed by atoms with Gasteiger partial charge >= 0.3 is 6.18 Å². The van der Waals surface area contributed by atoms with Gasteiger partial charge in [0.2, 0.25) is 0 Å². The van der Waals surface area contributed by atoms with E-state index in [9.17, 15) is 13.2 Å². The van der Waals surface area contributed by atoms with Crippen LogP contribution < -0.4 is 15.4 Å². The van der Waals surface area contributed by atoms with Gasteiger partial charge in [0.05, 0.1) is 13.7 Å². The largest absolute Gasteiger partial charge is 0.497 e. The van der Waals surface area contributed by atoms with E-state index in [1.165, 1.54) is 5.56 Å². The summed E-state index contributed by atoms with van der Waals surface area (Å²) in [5.74, 6) is 1.36. The summed E-state index contributed by atoms with van der Waals surface area (Å²) in [6, 6.07) is 7.89. The Balaban J connectivity index is 0.00000364. The van der Waals surface area contributed by atoms with Gasteiger partial charge in [-0.1, -0.05) is 12.1 Å². The van der Waals surface area contributed by atoms with Gasteiger partial charge < -0.3 is 15.4 Å². The van der Waals surface area contributed by atoms with Crippen LogP contribution in [0.25, 0.3) is 0 Å². The highest BCUT2D eigenvalue weighted by Gasteiger charge is 2.33. The lowest BCUT2D eigenvalue weighted by molar-refractivity contribution is -0.140. The minimum absolute atomic E-state index is 0. The summed E-state index contributed by atoms with van der Waals surface area (Å²) >= 11 is 0.971.